The lowest BCUT2D eigenvalue weighted by Crippen LogP contribution is -2.31. The van der Waals surface area contributed by atoms with Gasteiger partial charge in [-0.1, -0.05) is 62.2 Å². The Morgan fingerprint density at radius 3 is 2.57 bits per heavy atom. The predicted octanol–water partition coefficient (Wildman–Crippen LogP) is 6.03. The summed E-state index contributed by atoms with van der Waals surface area (Å²) in [5.41, 5.74) is 4.86. The average Bonchev–Trinajstić information content (AvgIpc) is 2.73. The van der Waals surface area contributed by atoms with Crippen LogP contribution in [0.1, 0.15) is 28.3 Å². The normalized spacial score (nSPS) is 15.8. The number of ether oxygens (including phenoxy) is 2. The van der Waals surface area contributed by atoms with Crippen LogP contribution in [0.5, 0.6) is 11.5 Å². The van der Waals surface area contributed by atoms with Crippen molar-refractivity contribution in [1.29, 1.82) is 0 Å². The highest BCUT2D eigenvalue weighted by atomic mass is 79.9. The molecular formula is C23H21Br2NO2. The number of benzene rings is 3. The lowest BCUT2D eigenvalue weighted by molar-refractivity contribution is 0.283. The number of rotatable bonds is 5. The Labute approximate surface area is 182 Å². The summed E-state index contributed by atoms with van der Waals surface area (Å²) in [6, 6.07) is 20.8. The number of fused-ring (bicyclic) bond motifs is 1. The van der Waals surface area contributed by atoms with Crippen LogP contribution in [0.4, 0.5) is 0 Å². The summed E-state index contributed by atoms with van der Waals surface area (Å²) in [6.07, 6.45) is 0.965. The Bertz CT molecular complexity index is 976. The Morgan fingerprint density at radius 1 is 0.964 bits per heavy atom. The van der Waals surface area contributed by atoms with Crippen molar-refractivity contribution < 1.29 is 9.47 Å². The van der Waals surface area contributed by atoms with E-state index in [4.69, 9.17) is 9.47 Å². The number of hydrogen-bond donors (Lipinski definition) is 1. The van der Waals surface area contributed by atoms with Gasteiger partial charge in [-0.25, -0.2) is 0 Å². The monoisotopic (exact) mass is 501 g/mol. The van der Waals surface area contributed by atoms with Crippen LogP contribution in [-0.2, 0) is 13.0 Å². The second-order valence-corrected chi connectivity index (χ2v) is 8.55. The summed E-state index contributed by atoms with van der Waals surface area (Å²) < 4.78 is 13.9. The zero-order valence-electron chi connectivity index (χ0n) is 15.5. The van der Waals surface area contributed by atoms with Crippen molar-refractivity contribution in [2.24, 2.45) is 0 Å². The van der Waals surface area contributed by atoms with Crippen LogP contribution in [0.15, 0.2) is 69.6 Å². The molecule has 0 fully saturated rings. The van der Waals surface area contributed by atoms with Gasteiger partial charge in [-0.05, 0) is 59.0 Å². The lowest BCUT2D eigenvalue weighted by atomic mass is 9.89. The molecule has 1 aliphatic heterocycles. The Hall–Kier alpha value is -1.82. The molecule has 0 spiro atoms. The van der Waals surface area contributed by atoms with E-state index in [0.29, 0.717) is 6.61 Å². The van der Waals surface area contributed by atoms with Crippen molar-refractivity contribution in [3.8, 4) is 11.5 Å². The largest absolute Gasteiger partial charge is 0.493 e. The van der Waals surface area contributed by atoms with Crippen molar-refractivity contribution >= 4 is 31.9 Å². The quantitative estimate of drug-likeness (QED) is 0.461. The average molecular weight is 503 g/mol. The summed E-state index contributed by atoms with van der Waals surface area (Å²) in [5.74, 6) is 1.55. The lowest BCUT2D eigenvalue weighted by Gasteiger charge is -2.29. The topological polar surface area (TPSA) is 30.5 Å². The summed E-state index contributed by atoms with van der Waals surface area (Å²) in [5, 5.41) is 3.65. The molecule has 0 saturated heterocycles. The van der Waals surface area contributed by atoms with E-state index in [0.717, 1.165) is 39.0 Å². The highest BCUT2D eigenvalue weighted by molar-refractivity contribution is 9.11. The molecule has 0 bridgehead atoms. The molecule has 1 aliphatic rings. The van der Waals surface area contributed by atoms with Gasteiger partial charge < -0.3 is 14.8 Å². The Morgan fingerprint density at radius 2 is 1.79 bits per heavy atom. The van der Waals surface area contributed by atoms with Crippen LogP contribution in [0.3, 0.4) is 0 Å². The van der Waals surface area contributed by atoms with Crippen molar-refractivity contribution in [1.82, 2.24) is 5.32 Å². The minimum Gasteiger partial charge on any atom is -0.493 e. The summed E-state index contributed by atoms with van der Waals surface area (Å²) >= 11 is 7.31. The fourth-order valence-corrected chi connectivity index (χ4v) is 4.44. The zero-order valence-corrected chi connectivity index (χ0v) is 18.7. The molecule has 3 nitrogen and oxygen atoms in total. The van der Waals surface area contributed by atoms with Crippen LogP contribution in [0, 0.1) is 0 Å². The first-order valence-corrected chi connectivity index (χ1v) is 10.8. The molecule has 144 valence electrons. The molecule has 1 N–H and O–H groups in total. The van der Waals surface area contributed by atoms with Gasteiger partial charge in [0.2, 0.25) is 0 Å². The van der Waals surface area contributed by atoms with Crippen LogP contribution in [0.2, 0.25) is 0 Å². The van der Waals surface area contributed by atoms with Crippen LogP contribution in [-0.4, -0.2) is 13.7 Å². The number of hydrogen-bond acceptors (Lipinski definition) is 3. The molecule has 3 aromatic rings. The molecule has 0 aliphatic carbocycles. The minimum atomic E-state index is 0.0978. The second-order valence-electron chi connectivity index (χ2n) is 6.78. The molecule has 0 radical (unpaired) electrons. The molecule has 1 atom stereocenters. The minimum absolute atomic E-state index is 0.0978. The summed E-state index contributed by atoms with van der Waals surface area (Å²) in [7, 11) is 1.69. The summed E-state index contributed by atoms with van der Waals surface area (Å²) in [6.45, 7) is 1.43. The highest BCUT2D eigenvalue weighted by Gasteiger charge is 2.25. The first-order chi connectivity index (χ1) is 13.7. The molecule has 3 aromatic carbocycles. The molecule has 1 unspecified atom stereocenters. The highest BCUT2D eigenvalue weighted by Crippen LogP contribution is 2.40. The Balaban J connectivity index is 1.71. The number of halogens is 2. The molecule has 0 aromatic heterocycles. The van der Waals surface area contributed by atoms with Crippen molar-refractivity contribution in [3.63, 3.8) is 0 Å². The first-order valence-electron chi connectivity index (χ1n) is 9.21. The van der Waals surface area contributed by atoms with Gasteiger partial charge in [0.1, 0.15) is 6.61 Å². The fraction of sp³-hybridized carbons (Fsp3) is 0.217. The van der Waals surface area contributed by atoms with Crippen molar-refractivity contribution in [2.75, 3.05) is 13.7 Å². The molecule has 0 amide bonds. The van der Waals surface area contributed by atoms with E-state index in [1.165, 1.54) is 16.7 Å². The standard InChI is InChI=1S/C23H21Br2NO2/c1-27-21-11-16-9-10-26-23(19-12-17(24)7-8-20(19)25)18(16)13-22(21)28-14-15-5-3-2-4-6-15/h2-8,11-13,23,26H,9-10,14H2,1H3. The molecule has 1 heterocycles. The van der Waals surface area contributed by atoms with E-state index in [9.17, 15) is 0 Å². The van der Waals surface area contributed by atoms with Gasteiger partial charge in [-0.3, -0.25) is 0 Å². The predicted molar refractivity (Wildman–Crippen MR) is 119 cm³/mol. The molecule has 4 rings (SSSR count). The van der Waals surface area contributed by atoms with Gasteiger partial charge in [-0.2, -0.15) is 0 Å². The van der Waals surface area contributed by atoms with Gasteiger partial charge in [-0.15, -0.1) is 0 Å². The van der Waals surface area contributed by atoms with Crippen molar-refractivity contribution in [2.45, 2.75) is 19.1 Å². The van der Waals surface area contributed by atoms with E-state index in [-0.39, 0.29) is 6.04 Å². The number of methoxy groups -OCH3 is 1. The maximum Gasteiger partial charge on any atom is 0.162 e. The van der Waals surface area contributed by atoms with Crippen LogP contribution in [0.25, 0.3) is 0 Å². The fourth-order valence-electron chi connectivity index (χ4n) is 3.59. The summed E-state index contributed by atoms with van der Waals surface area (Å²) in [4.78, 5) is 0. The van der Waals surface area contributed by atoms with Gasteiger partial charge >= 0.3 is 0 Å². The number of nitrogens with one attached hydrogen (secondary N) is 1. The Kier molecular flexibility index (Phi) is 6.04. The zero-order chi connectivity index (χ0) is 19.5. The third-order valence-electron chi connectivity index (χ3n) is 4.99. The molecule has 5 heteroatoms. The van der Waals surface area contributed by atoms with Crippen LogP contribution >= 0.6 is 31.9 Å². The van der Waals surface area contributed by atoms with Gasteiger partial charge in [0, 0.05) is 15.5 Å². The molecule has 0 saturated carbocycles. The first kappa shape index (κ1) is 19.5. The maximum absolute atomic E-state index is 6.14. The third-order valence-corrected chi connectivity index (χ3v) is 6.20. The van der Waals surface area contributed by atoms with E-state index in [1.807, 2.05) is 24.3 Å². The van der Waals surface area contributed by atoms with E-state index < -0.39 is 0 Å². The molecule has 28 heavy (non-hydrogen) atoms. The SMILES string of the molecule is COc1cc2c(cc1OCc1ccccc1)C(c1cc(Br)ccc1Br)NCC2. The second kappa shape index (κ2) is 8.68. The van der Waals surface area contributed by atoms with Crippen LogP contribution < -0.4 is 14.8 Å². The van der Waals surface area contributed by atoms with Gasteiger partial charge in [0.05, 0.1) is 13.2 Å². The van der Waals surface area contributed by atoms with E-state index >= 15 is 0 Å². The van der Waals surface area contributed by atoms with E-state index in [1.54, 1.807) is 7.11 Å². The maximum atomic E-state index is 6.14. The van der Waals surface area contributed by atoms with E-state index in [2.05, 4.69) is 73.6 Å². The smallest absolute Gasteiger partial charge is 0.162 e. The third kappa shape index (κ3) is 4.12. The van der Waals surface area contributed by atoms with Gasteiger partial charge in [0.25, 0.3) is 0 Å². The molecular weight excluding hydrogens is 482 g/mol. The van der Waals surface area contributed by atoms with Crippen molar-refractivity contribution in [3.05, 3.63) is 91.9 Å². The van der Waals surface area contributed by atoms with Gasteiger partial charge in [0.15, 0.2) is 11.5 Å².